The SMILES string of the molecule is CCOc1ccc(NC(=O)CN2CCN(C(=O)c3sc4cc(Cl)ccc4c3Cl)CC2)cc1. The lowest BCUT2D eigenvalue weighted by Gasteiger charge is -2.34. The number of fused-ring (bicyclic) bond motifs is 1. The van der Waals surface area contributed by atoms with Crippen LogP contribution in [0.25, 0.3) is 10.1 Å². The zero-order valence-electron chi connectivity index (χ0n) is 17.6. The molecule has 0 atom stereocenters. The van der Waals surface area contributed by atoms with Gasteiger partial charge in [-0.25, -0.2) is 0 Å². The molecule has 6 nitrogen and oxygen atoms in total. The van der Waals surface area contributed by atoms with E-state index in [0.717, 1.165) is 21.5 Å². The molecule has 0 aliphatic carbocycles. The molecule has 1 aliphatic heterocycles. The third kappa shape index (κ3) is 5.18. The molecule has 0 bridgehead atoms. The van der Waals surface area contributed by atoms with Gasteiger partial charge in [0.2, 0.25) is 5.91 Å². The molecule has 1 aliphatic rings. The molecule has 2 aromatic carbocycles. The molecule has 168 valence electrons. The molecule has 0 radical (unpaired) electrons. The van der Waals surface area contributed by atoms with Gasteiger partial charge >= 0.3 is 0 Å². The molecule has 1 saturated heterocycles. The molecular formula is C23H23Cl2N3O3S. The average Bonchev–Trinajstić information content (AvgIpc) is 3.11. The lowest BCUT2D eigenvalue weighted by Crippen LogP contribution is -2.50. The molecule has 32 heavy (non-hydrogen) atoms. The zero-order valence-corrected chi connectivity index (χ0v) is 19.9. The first-order valence-electron chi connectivity index (χ1n) is 10.4. The highest BCUT2D eigenvalue weighted by atomic mass is 35.5. The highest BCUT2D eigenvalue weighted by molar-refractivity contribution is 7.21. The Kier molecular flexibility index (Phi) is 7.20. The summed E-state index contributed by atoms with van der Waals surface area (Å²) in [6.45, 7) is 5.13. The number of amides is 2. The summed E-state index contributed by atoms with van der Waals surface area (Å²) in [5.74, 6) is 0.609. The first kappa shape index (κ1) is 22.9. The van der Waals surface area contributed by atoms with Crippen molar-refractivity contribution in [2.45, 2.75) is 6.92 Å². The first-order valence-corrected chi connectivity index (χ1v) is 11.9. The molecule has 4 rings (SSSR count). The minimum Gasteiger partial charge on any atom is -0.494 e. The van der Waals surface area contributed by atoms with E-state index < -0.39 is 0 Å². The number of nitrogens with one attached hydrogen (secondary N) is 1. The van der Waals surface area contributed by atoms with Crippen molar-refractivity contribution in [2.75, 3.05) is 44.6 Å². The van der Waals surface area contributed by atoms with Crippen molar-refractivity contribution in [3.05, 3.63) is 57.4 Å². The molecule has 0 unspecified atom stereocenters. The van der Waals surface area contributed by atoms with E-state index in [1.165, 1.54) is 11.3 Å². The molecule has 1 fully saturated rings. The van der Waals surface area contributed by atoms with Gasteiger partial charge < -0.3 is 15.0 Å². The highest BCUT2D eigenvalue weighted by Crippen LogP contribution is 2.37. The Bertz CT molecular complexity index is 1130. The molecule has 2 heterocycles. The van der Waals surface area contributed by atoms with E-state index in [1.807, 2.05) is 48.2 Å². The van der Waals surface area contributed by atoms with Crippen LogP contribution in [0.15, 0.2) is 42.5 Å². The van der Waals surface area contributed by atoms with Crippen molar-refractivity contribution in [3.8, 4) is 5.75 Å². The molecule has 0 saturated carbocycles. The predicted molar refractivity (Wildman–Crippen MR) is 130 cm³/mol. The summed E-state index contributed by atoms with van der Waals surface area (Å²) in [7, 11) is 0. The smallest absolute Gasteiger partial charge is 0.265 e. The van der Waals surface area contributed by atoms with Gasteiger partial charge in [-0.2, -0.15) is 0 Å². The van der Waals surface area contributed by atoms with E-state index in [1.54, 1.807) is 11.0 Å². The summed E-state index contributed by atoms with van der Waals surface area (Å²) in [5, 5.41) is 4.84. The Balaban J connectivity index is 1.30. The van der Waals surface area contributed by atoms with Gasteiger partial charge in [0.25, 0.3) is 5.91 Å². The van der Waals surface area contributed by atoms with Gasteiger partial charge in [0.1, 0.15) is 10.6 Å². The standard InChI is InChI=1S/C23H23Cl2N3O3S/c1-2-31-17-6-4-16(5-7-17)26-20(29)14-27-9-11-28(12-10-27)23(30)22-21(25)18-8-3-15(24)13-19(18)32-22/h3-8,13H,2,9-12,14H2,1H3,(H,26,29). The number of ether oxygens (including phenoxy) is 1. The van der Waals surface area contributed by atoms with Gasteiger partial charge in [0.05, 0.1) is 18.2 Å². The van der Waals surface area contributed by atoms with Crippen LogP contribution in [0.2, 0.25) is 10.0 Å². The molecule has 1 N–H and O–H groups in total. The minimum absolute atomic E-state index is 0.0780. The summed E-state index contributed by atoms with van der Waals surface area (Å²) in [6, 6.07) is 12.7. The third-order valence-electron chi connectivity index (χ3n) is 5.26. The monoisotopic (exact) mass is 491 g/mol. The number of carbonyl (C=O) groups is 2. The van der Waals surface area contributed by atoms with Crippen molar-refractivity contribution in [1.82, 2.24) is 9.80 Å². The molecule has 1 aromatic heterocycles. The summed E-state index contributed by atoms with van der Waals surface area (Å²) in [4.78, 5) is 29.8. The predicted octanol–water partition coefficient (Wildman–Crippen LogP) is 5.00. The maximum Gasteiger partial charge on any atom is 0.265 e. The van der Waals surface area contributed by atoms with Crippen LogP contribution in [-0.4, -0.2) is 60.9 Å². The fourth-order valence-corrected chi connectivity index (χ4v) is 5.39. The van der Waals surface area contributed by atoms with Crippen LogP contribution in [0.3, 0.4) is 0 Å². The normalized spacial score (nSPS) is 14.5. The quantitative estimate of drug-likeness (QED) is 0.526. The highest BCUT2D eigenvalue weighted by Gasteiger charge is 2.26. The van der Waals surface area contributed by atoms with Gasteiger partial charge in [0.15, 0.2) is 0 Å². The summed E-state index contributed by atoms with van der Waals surface area (Å²) < 4.78 is 6.31. The number of benzene rings is 2. The molecule has 0 spiro atoms. The second-order valence-electron chi connectivity index (χ2n) is 7.46. The van der Waals surface area contributed by atoms with Crippen LogP contribution < -0.4 is 10.1 Å². The summed E-state index contributed by atoms with van der Waals surface area (Å²) >= 11 is 13.9. The van der Waals surface area contributed by atoms with Crippen LogP contribution >= 0.6 is 34.5 Å². The lowest BCUT2D eigenvalue weighted by molar-refractivity contribution is -0.117. The number of nitrogens with zero attached hydrogens (tertiary/aromatic N) is 2. The number of carbonyl (C=O) groups excluding carboxylic acids is 2. The maximum absolute atomic E-state index is 13.0. The number of piperazine rings is 1. The third-order valence-corrected chi connectivity index (χ3v) is 7.14. The Labute approximate surface area is 200 Å². The van der Waals surface area contributed by atoms with E-state index in [9.17, 15) is 9.59 Å². The fraction of sp³-hybridized carbons (Fsp3) is 0.304. The van der Waals surface area contributed by atoms with Gasteiger partial charge in [-0.1, -0.05) is 29.3 Å². The van der Waals surface area contributed by atoms with Gasteiger partial charge in [-0.3, -0.25) is 14.5 Å². The average molecular weight is 492 g/mol. The molecule has 3 aromatic rings. The largest absolute Gasteiger partial charge is 0.494 e. The minimum atomic E-state index is -0.0848. The van der Waals surface area contributed by atoms with Gasteiger partial charge in [0, 0.05) is 47.0 Å². The second-order valence-corrected chi connectivity index (χ2v) is 9.33. The van der Waals surface area contributed by atoms with E-state index in [2.05, 4.69) is 5.32 Å². The number of hydrogen-bond donors (Lipinski definition) is 1. The van der Waals surface area contributed by atoms with Crippen molar-refractivity contribution >= 4 is 62.1 Å². The van der Waals surface area contributed by atoms with Crippen molar-refractivity contribution in [2.24, 2.45) is 0 Å². The molecule has 2 amide bonds. The summed E-state index contributed by atoms with van der Waals surface area (Å²) in [5.41, 5.74) is 0.728. The Morgan fingerprint density at radius 3 is 2.47 bits per heavy atom. The van der Waals surface area contributed by atoms with E-state index >= 15 is 0 Å². The van der Waals surface area contributed by atoms with Crippen LogP contribution in [0.4, 0.5) is 5.69 Å². The van der Waals surface area contributed by atoms with E-state index in [4.69, 9.17) is 27.9 Å². The number of rotatable bonds is 6. The van der Waals surface area contributed by atoms with Gasteiger partial charge in [-0.05, 0) is 43.3 Å². The van der Waals surface area contributed by atoms with Crippen LogP contribution in [0.1, 0.15) is 16.6 Å². The number of anilines is 1. The Morgan fingerprint density at radius 1 is 1.06 bits per heavy atom. The van der Waals surface area contributed by atoms with Crippen molar-refractivity contribution in [1.29, 1.82) is 0 Å². The first-order chi connectivity index (χ1) is 15.4. The van der Waals surface area contributed by atoms with Crippen LogP contribution in [0, 0.1) is 0 Å². The summed E-state index contributed by atoms with van der Waals surface area (Å²) in [6.07, 6.45) is 0. The Hall–Kier alpha value is -2.32. The van der Waals surface area contributed by atoms with Crippen molar-refractivity contribution < 1.29 is 14.3 Å². The molecule has 9 heteroatoms. The van der Waals surface area contributed by atoms with E-state index in [0.29, 0.717) is 47.7 Å². The van der Waals surface area contributed by atoms with Gasteiger partial charge in [-0.15, -0.1) is 11.3 Å². The lowest BCUT2D eigenvalue weighted by atomic mass is 10.2. The molecular weight excluding hydrogens is 469 g/mol. The van der Waals surface area contributed by atoms with Crippen LogP contribution in [0.5, 0.6) is 5.75 Å². The topological polar surface area (TPSA) is 61.9 Å². The maximum atomic E-state index is 13.0. The van der Waals surface area contributed by atoms with Crippen molar-refractivity contribution in [3.63, 3.8) is 0 Å². The zero-order chi connectivity index (χ0) is 22.7. The Morgan fingerprint density at radius 2 is 1.78 bits per heavy atom. The number of halogens is 2. The fourth-order valence-electron chi connectivity index (χ4n) is 3.63. The second kappa shape index (κ2) is 10.1. The van der Waals surface area contributed by atoms with E-state index in [-0.39, 0.29) is 18.4 Å². The number of hydrogen-bond acceptors (Lipinski definition) is 5. The number of thiophene rings is 1. The van der Waals surface area contributed by atoms with Crippen LogP contribution in [-0.2, 0) is 4.79 Å².